The van der Waals surface area contributed by atoms with E-state index >= 15 is 0 Å². The number of fused-ring (bicyclic) bond motifs is 1. The van der Waals surface area contributed by atoms with E-state index in [4.69, 9.17) is 10.5 Å². The van der Waals surface area contributed by atoms with Gasteiger partial charge in [-0.25, -0.2) is 0 Å². The molecule has 110 valence electrons. The molecule has 0 aromatic heterocycles. The van der Waals surface area contributed by atoms with E-state index in [0.29, 0.717) is 6.04 Å². The van der Waals surface area contributed by atoms with Gasteiger partial charge in [-0.3, -0.25) is 4.90 Å². The smallest absolute Gasteiger partial charge is 0.127 e. The maximum Gasteiger partial charge on any atom is 0.127 e. The molecule has 0 spiro atoms. The van der Waals surface area contributed by atoms with Crippen molar-refractivity contribution in [1.29, 1.82) is 0 Å². The lowest BCUT2D eigenvalue weighted by molar-refractivity contribution is 0.192. The number of nitrogens with two attached hydrogens (primary N) is 1. The first-order chi connectivity index (χ1) is 9.78. The van der Waals surface area contributed by atoms with Crippen LogP contribution in [-0.2, 0) is 13.0 Å². The zero-order valence-corrected chi connectivity index (χ0v) is 13.5. The normalized spacial score (nSPS) is 18.6. The lowest BCUT2D eigenvalue weighted by atomic mass is 10.1. The maximum atomic E-state index is 5.85. The van der Waals surface area contributed by atoms with E-state index in [1.54, 1.807) is 0 Å². The highest BCUT2D eigenvalue weighted by Gasteiger charge is 2.25. The van der Waals surface area contributed by atoms with Crippen LogP contribution in [0.2, 0.25) is 0 Å². The molecule has 20 heavy (non-hydrogen) atoms. The number of rotatable bonds is 5. The van der Waals surface area contributed by atoms with Crippen molar-refractivity contribution in [2.45, 2.75) is 44.7 Å². The minimum atomic E-state index is 0.703. The first-order valence-electron chi connectivity index (χ1n) is 7.66. The van der Waals surface area contributed by atoms with E-state index in [1.165, 1.54) is 36.8 Å². The molecule has 0 radical (unpaired) electrons. The minimum Gasteiger partial charge on any atom is -0.493 e. The summed E-state index contributed by atoms with van der Waals surface area (Å²) >= 11 is 3.63. The second kappa shape index (κ2) is 6.46. The average Bonchev–Trinajstić information content (AvgIpc) is 3.08. The van der Waals surface area contributed by atoms with Crippen LogP contribution >= 0.6 is 15.9 Å². The Bertz CT molecular complexity index is 472. The van der Waals surface area contributed by atoms with Gasteiger partial charge in [-0.1, -0.05) is 28.8 Å². The number of ether oxygens (including phenoxy) is 1. The van der Waals surface area contributed by atoms with E-state index in [-0.39, 0.29) is 0 Å². The van der Waals surface area contributed by atoms with Gasteiger partial charge in [0.15, 0.2) is 0 Å². The van der Waals surface area contributed by atoms with Gasteiger partial charge in [-0.15, -0.1) is 0 Å². The third-order valence-corrected chi connectivity index (χ3v) is 4.91. The summed E-state index contributed by atoms with van der Waals surface area (Å²) in [4.78, 5) is 2.55. The molecular formula is C16H23BrN2O. The van der Waals surface area contributed by atoms with Crippen molar-refractivity contribution in [2.24, 2.45) is 5.73 Å². The predicted molar refractivity (Wildman–Crippen MR) is 85.1 cm³/mol. The van der Waals surface area contributed by atoms with Crippen LogP contribution in [0.5, 0.6) is 5.75 Å². The summed E-state index contributed by atoms with van der Waals surface area (Å²) in [7, 11) is 0. The number of benzene rings is 1. The molecule has 1 aliphatic heterocycles. The average molecular weight is 339 g/mol. The molecule has 0 amide bonds. The molecule has 0 atom stereocenters. The zero-order valence-electron chi connectivity index (χ0n) is 11.9. The Morgan fingerprint density at radius 2 is 2.10 bits per heavy atom. The minimum absolute atomic E-state index is 0.703. The molecule has 1 fully saturated rings. The molecule has 4 heteroatoms. The lowest BCUT2D eigenvalue weighted by Gasteiger charge is -2.29. The van der Waals surface area contributed by atoms with Gasteiger partial charge in [0.05, 0.1) is 6.61 Å². The SMILES string of the molecule is NCCN(Cc1cc(Br)cc2c1OCC2)C1CCCC1. The third kappa shape index (κ3) is 3.02. The summed E-state index contributed by atoms with van der Waals surface area (Å²) in [5.41, 5.74) is 8.46. The van der Waals surface area contributed by atoms with Crippen LogP contribution in [0.1, 0.15) is 36.8 Å². The Morgan fingerprint density at radius 1 is 1.30 bits per heavy atom. The van der Waals surface area contributed by atoms with Gasteiger partial charge in [0.25, 0.3) is 0 Å². The van der Waals surface area contributed by atoms with Gasteiger partial charge in [0, 0.05) is 42.1 Å². The molecule has 0 saturated heterocycles. The van der Waals surface area contributed by atoms with Crippen LogP contribution in [0.25, 0.3) is 0 Å². The fourth-order valence-electron chi connectivity index (χ4n) is 3.51. The summed E-state index contributed by atoms with van der Waals surface area (Å²) in [5, 5.41) is 0. The summed E-state index contributed by atoms with van der Waals surface area (Å²) in [6.07, 6.45) is 6.38. The van der Waals surface area contributed by atoms with Gasteiger partial charge in [-0.2, -0.15) is 0 Å². The summed E-state index contributed by atoms with van der Waals surface area (Å²) < 4.78 is 7.01. The molecule has 1 aromatic carbocycles. The Kier molecular flexibility index (Phi) is 4.64. The molecule has 1 heterocycles. The number of nitrogens with zero attached hydrogens (tertiary/aromatic N) is 1. The van der Waals surface area contributed by atoms with Gasteiger partial charge in [0.1, 0.15) is 5.75 Å². The van der Waals surface area contributed by atoms with Crippen LogP contribution < -0.4 is 10.5 Å². The molecular weight excluding hydrogens is 316 g/mol. The van der Waals surface area contributed by atoms with Crippen molar-refractivity contribution < 1.29 is 4.74 Å². The second-order valence-electron chi connectivity index (χ2n) is 5.85. The van der Waals surface area contributed by atoms with Crippen molar-refractivity contribution in [3.63, 3.8) is 0 Å². The van der Waals surface area contributed by atoms with E-state index in [9.17, 15) is 0 Å². The van der Waals surface area contributed by atoms with Crippen molar-refractivity contribution in [3.05, 3.63) is 27.7 Å². The second-order valence-corrected chi connectivity index (χ2v) is 6.76. The van der Waals surface area contributed by atoms with Gasteiger partial charge >= 0.3 is 0 Å². The number of halogens is 1. The van der Waals surface area contributed by atoms with Crippen LogP contribution in [-0.4, -0.2) is 30.6 Å². The fourth-order valence-corrected chi connectivity index (χ4v) is 4.06. The molecule has 1 saturated carbocycles. The van der Waals surface area contributed by atoms with Crippen molar-refractivity contribution in [2.75, 3.05) is 19.7 Å². The first kappa shape index (κ1) is 14.4. The Labute approximate surface area is 129 Å². The predicted octanol–water partition coefficient (Wildman–Crippen LogP) is 3.09. The summed E-state index contributed by atoms with van der Waals surface area (Å²) in [6, 6.07) is 5.10. The highest BCUT2D eigenvalue weighted by Crippen LogP contribution is 2.35. The van der Waals surface area contributed by atoms with Crippen molar-refractivity contribution in [1.82, 2.24) is 4.90 Å². The van der Waals surface area contributed by atoms with E-state index in [2.05, 4.69) is 33.0 Å². The molecule has 1 aliphatic carbocycles. The summed E-state index contributed by atoms with van der Waals surface area (Å²) in [6.45, 7) is 3.49. The summed E-state index contributed by atoms with van der Waals surface area (Å²) in [5.74, 6) is 1.12. The van der Waals surface area contributed by atoms with Crippen LogP contribution in [0, 0.1) is 0 Å². The number of hydrogen-bond donors (Lipinski definition) is 1. The van der Waals surface area contributed by atoms with Gasteiger partial charge < -0.3 is 10.5 Å². The first-order valence-corrected chi connectivity index (χ1v) is 8.45. The van der Waals surface area contributed by atoms with Crippen molar-refractivity contribution >= 4 is 15.9 Å². The van der Waals surface area contributed by atoms with Gasteiger partial charge in [0.2, 0.25) is 0 Å². The molecule has 3 nitrogen and oxygen atoms in total. The fraction of sp³-hybridized carbons (Fsp3) is 0.625. The highest BCUT2D eigenvalue weighted by atomic mass is 79.9. The van der Waals surface area contributed by atoms with Crippen LogP contribution in [0.3, 0.4) is 0 Å². The van der Waals surface area contributed by atoms with E-state index < -0.39 is 0 Å². The molecule has 0 unspecified atom stereocenters. The Balaban J connectivity index is 1.81. The van der Waals surface area contributed by atoms with E-state index in [0.717, 1.165) is 42.9 Å². The monoisotopic (exact) mass is 338 g/mol. The van der Waals surface area contributed by atoms with Gasteiger partial charge in [-0.05, 0) is 30.5 Å². The largest absolute Gasteiger partial charge is 0.493 e. The quantitative estimate of drug-likeness (QED) is 0.896. The van der Waals surface area contributed by atoms with E-state index in [1.807, 2.05) is 0 Å². The Hall–Kier alpha value is -0.580. The molecule has 0 bridgehead atoms. The number of hydrogen-bond acceptors (Lipinski definition) is 3. The molecule has 1 aromatic rings. The van der Waals surface area contributed by atoms with Crippen LogP contribution in [0.4, 0.5) is 0 Å². The third-order valence-electron chi connectivity index (χ3n) is 4.46. The molecule has 3 rings (SSSR count). The Morgan fingerprint density at radius 3 is 2.85 bits per heavy atom. The standard InChI is InChI=1S/C16H23BrN2O/c17-14-9-12-5-8-20-16(12)13(10-14)11-19(7-6-18)15-3-1-2-4-15/h9-10,15H,1-8,11,18H2. The topological polar surface area (TPSA) is 38.5 Å². The molecule has 2 N–H and O–H groups in total. The lowest BCUT2D eigenvalue weighted by Crippen LogP contribution is -2.36. The van der Waals surface area contributed by atoms with Crippen molar-refractivity contribution in [3.8, 4) is 5.75 Å². The molecule has 2 aliphatic rings. The zero-order chi connectivity index (χ0) is 13.9. The van der Waals surface area contributed by atoms with Crippen LogP contribution in [0.15, 0.2) is 16.6 Å². The maximum absolute atomic E-state index is 5.85. The highest BCUT2D eigenvalue weighted by molar-refractivity contribution is 9.10.